The zero-order valence-electron chi connectivity index (χ0n) is 24.9. The molecule has 30 heavy (non-hydrogen) atoms. The predicted molar refractivity (Wildman–Crippen MR) is 145 cm³/mol. The first kappa shape index (κ1) is 43.7. The second-order valence-corrected chi connectivity index (χ2v) is 11.3. The fraction of sp³-hybridized carbons (Fsp3) is 1.00. The normalized spacial score (nSPS) is 10.0. The van der Waals surface area contributed by atoms with Crippen LogP contribution in [0.5, 0.6) is 0 Å². The minimum atomic E-state index is -0.167. The summed E-state index contributed by atoms with van der Waals surface area (Å²) < 4.78 is 0. The molecule has 4 N–H and O–H groups in total. The van der Waals surface area contributed by atoms with Crippen LogP contribution < -0.4 is 11.1 Å². The highest BCUT2D eigenvalue weighted by molar-refractivity contribution is 4.55. The average Bonchev–Trinajstić information content (AvgIpc) is 2.31. The highest BCUT2D eigenvalue weighted by Gasteiger charge is 1.95. The van der Waals surface area contributed by atoms with Crippen LogP contribution in [0.3, 0.4) is 0 Å². The predicted octanol–water partition coefficient (Wildman–Crippen LogP) is 8.15. The van der Waals surface area contributed by atoms with Crippen molar-refractivity contribution in [2.75, 3.05) is 0 Å². The fourth-order valence-electron chi connectivity index (χ4n) is 1.61. The Morgan fingerprint density at radius 3 is 0.667 bits per heavy atom. The molecule has 0 aromatic heterocycles. The van der Waals surface area contributed by atoms with Crippen molar-refractivity contribution in [2.45, 2.75) is 155 Å². The summed E-state index contributed by atoms with van der Waals surface area (Å²) in [6.45, 7) is 38.0. The van der Waals surface area contributed by atoms with Crippen molar-refractivity contribution in [3.8, 4) is 0 Å². The second kappa shape index (κ2) is 33.5. The highest BCUT2D eigenvalue weighted by atomic mass is 16.3. The van der Waals surface area contributed by atoms with Crippen LogP contribution in [0.25, 0.3) is 0 Å². The van der Waals surface area contributed by atoms with Gasteiger partial charge in [0.05, 0.1) is 0 Å². The molecule has 0 amide bonds. The van der Waals surface area contributed by atoms with E-state index in [1.807, 2.05) is 13.8 Å². The van der Waals surface area contributed by atoms with Gasteiger partial charge in [-0.05, 0) is 50.0 Å². The van der Waals surface area contributed by atoms with Crippen molar-refractivity contribution in [1.82, 2.24) is 5.32 Å². The average molecular weight is 437 g/mol. The number of hydrogen-bond donors (Lipinski definition) is 3. The number of aliphatic hydroxyl groups excluding tert-OH is 1. The largest absolute Gasteiger partial charge is 0.394 e. The summed E-state index contributed by atoms with van der Waals surface area (Å²) in [6, 6.07) is 1.58. The van der Waals surface area contributed by atoms with Gasteiger partial charge < -0.3 is 16.2 Å². The maximum Gasteiger partial charge on any atom is 0.0483 e. The zero-order valence-corrected chi connectivity index (χ0v) is 24.9. The molecule has 0 saturated carbocycles. The van der Waals surface area contributed by atoms with Crippen LogP contribution in [0.15, 0.2) is 0 Å². The second-order valence-electron chi connectivity index (χ2n) is 11.3. The molecular weight excluding hydrogens is 368 g/mol. The topological polar surface area (TPSA) is 58.3 Å². The van der Waals surface area contributed by atoms with Gasteiger partial charge in [-0.1, -0.05) is 111 Å². The molecule has 192 valence electrons. The van der Waals surface area contributed by atoms with E-state index in [0.29, 0.717) is 18.1 Å². The molecule has 0 heterocycles. The van der Waals surface area contributed by atoms with Gasteiger partial charge in [0.25, 0.3) is 0 Å². The Balaban J connectivity index is -0.0000000590. The van der Waals surface area contributed by atoms with Crippen LogP contribution in [0.2, 0.25) is 0 Å². The Morgan fingerprint density at radius 2 is 0.667 bits per heavy atom. The van der Waals surface area contributed by atoms with E-state index in [9.17, 15) is 0 Å². The summed E-state index contributed by atoms with van der Waals surface area (Å²) in [5.41, 5.74) is 5.11. The molecule has 0 aliphatic carbocycles. The molecule has 0 aliphatic heterocycles. The summed E-state index contributed by atoms with van der Waals surface area (Å²) in [4.78, 5) is 0. The van der Waals surface area contributed by atoms with Crippen LogP contribution in [0, 0.1) is 23.7 Å². The molecule has 3 heteroatoms. The Hall–Kier alpha value is -0.120. The van der Waals surface area contributed by atoms with Crippen molar-refractivity contribution in [2.24, 2.45) is 29.4 Å². The van der Waals surface area contributed by atoms with Gasteiger partial charge in [-0.2, -0.15) is 0 Å². The molecule has 0 aliphatic rings. The van der Waals surface area contributed by atoms with Gasteiger partial charge >= 0.3 is 0 Å². The van der Waals surface area contributed by atoms with E-state index in [4.69, 9.17) is 10.8 Å². The van der Waals surface area contributed by atoms with E-state index in [1.54, 1.807) is 13.8 Å². The highest BCUT2D eigenvalue weighted by Crippen LogP contribution is 2.08. The van der Waals surface area contributed by atoms with Crippen molar-refractivity contribution in [3.05, 3.63) is 0 Å². The lowest BCUT2D eigenvalue weighted by atomic mass is 10.0. The van der Waals surface area contributed by atoms with E-state index >= 15 is 0 Å². The summed E-state index contributed by atoms with van der Waals surface area (Å²) >= 11 is 0. The van der Waals surface area contributed by atoms with Crippen LogP contribution in [0.1, 0.15) is 131 Å². The number of rotatable bonds is 4. The monoisotopic (exact) mass is 437 g/mol. The fourth-order valence-corrected chi connectivity index (χ4v) is 1.61. The molecule has 3 nitrogen and oxygen atoms in total. The molecule has 0 rings (SSSR count). The SMILES string of the molecule is CC(C)C.CC(C)C.CC(C)CC(C)C.CC(C)N.CC(C)NC(C)C.CC(C)O. The summed E-state index contributed by atoms with van der Waals surface area (Å²) in [5, 5.41) is 11.4. The van der Waals surface area contributed by atoms with Gasteiger partial charge in [0, 0.05) is 18.2 Å². The number of hydrogen-bond acceptors (Lipinski definition) is 3. The lowest BCUT2D eigenvalue weighted by molar-refractivity contribution is 0.216. The van der Waals surface area contributed by atoms with Crippen LogP contribution >= 0.6 is 0 Å². The molecule has 0 saturated heterocycles. The first-order valence-electron chi connectivity index (χ1n) is 12.4. The van der Waals surface area contributed by atoms with Crippen molar-refractivity contribution in [3.63, 3.8) is 0 Å². The molecule has 0 bridgehead atoms. The van der Waals surface area contributed by atoms with Gasteiger partial charge in [-0.25, -0.2) is 0 Å². The Bertz CT molecular complexity index is 184. The van der Waals surface area contributed by atoms with Crippen LogP contribution in [-0.4, -0.2) is 29.3 Å². The lowest BCUT2D eigenvalue weighted by Crippen LogP contribution is -2.29. The number of nitrogens with one attached hydrogen (secondary N) is 1. The summed E-state index contributed by atoms with van der Waals surface area (Å²) in [5.74, 6) is 3.42. The van der Waals surface area contributed by atoms with Gasteiger partial charge in [-0.15, -0.1) is 0 Å². The van der Waals surface area contributed by atoms with E-state index < -0.39 is 0 Å². The van der Waals surface area contributed by atoms with Gasteiger partial charge in [-0.3, -0.25) is 0 Å². The van der Waals surface area contributed by atoms with Crippen molar-refractivity contribution < 1.29 is 5.11 Å². The standard InChI is InChI=1S/C7H16.C6H15N.2C4H10.C3H9N.C3H8O/c1-6(2)5-7(3)4;1-5(2)7-6(3)4;2*1-4(2)3;2*1-3(2)4/h6-7H,5H2,1-4H3;5-7H,1-4H3;2*4H,1-3H3;3H,4H2,1-2H3;3-4H,1-2H3. The molecule has 0 atom stereocenters. The van der Waals surface area contributed by atoms with Gasteiger partial charge in [0.1, 0.15) is 0 Å². The van der Waals surface area contributed by atoms with E-state index in [1.165, 1.54) is 6.42 Å². The van der Waals surface area contributed by atoms with Crippen molar-refractivity contribution >= 4 is 0 Å². The van der Waals surface area contributed by atoms with E-state index in [2.05, 4.69) is 102 Å². The summed E-state index contributed by atoms with van der Waals surface area (Å²) in [7, 11) is 0. The zero-order chi connectivity index (χ0) is 26.0. The maximum absolute atomic E-state index is 8.06. The smallest absolute Gasteiger partial charge is 0.0483 e. The quantitative estimate of drug-likeness (QED) is 0.416. The minimum absolute atomic E-state index is 0.167. The lowest BCUT2D eigenvalue weighted by Gasteiger charge is -2.10. The third-order valence-corrected chi connectivity index (χ3v) is 1.61. The Morgan fingerprint density at radius 1 is 0.533 bits per heavy atom. The molecule has 0 aromatic rings. The van der Waals surface area contributed by atoms with Crippen LogP contribution in [0.4, 0.5) is 0 Å². The van der Waals surface area contributed by atoms with Gasteiger partial charge in [0.2, 0.25) is 0 Å². The van der Waals surface area contributed by atoms with Crippen molar-refractivity contribution in [1.29, 1.82) is 0 Å². The van der Waals surface area contributed by atoms with Gasteiger partial charge in [0.15, 0.2) is 0 Å². The molecule has 0 unspecified atom stereocenters. The van der Waals surface area contributed by atoms with E-state index in [0.717, 1.165) is 23.7 Å². The minimum Gasteiger partial charge on any atom is -0.394 e. The van der Waals surface area contributed by atoms with E-state index in [-0.39, 0.29) is 6.10 Å². The number of aliphatic hydroxyl groups is 1. The molecule has 0 fully saturated rings. The van der Waals surface area contributed by atoms with Crippen LogP contribution in [-0.2, 0) is 0 Å². The Kier molecular flexibility index (Phi) is 48.8. The third kappa shape index (κ3) is 324. The number of nitrogens with two attached hydrogens (primary N) is 1. The molecule has 0 radical (unpaired) electrons. The molecule has 0 aromatic carbocycles. The first-order chi connectivity index (χ1) is 13.2. The maximum atomic E-state index is 8.06. The molecule has 0 spiro atoms. The third-order valence-electron chi connectivity index (χ3n) is 1.61. The Labute approximate surface area is 195 Å². The first-order valence-corrected chi connectivity index (χ1v) is 12.4. The summed E-state index contributed by atoms with van der Waals surface area (Å²) in [6.07, 6.45) is 1.19. The molecular formula is C27H68N2O.